The van der Waals surface area contributed by atoms with Gasteiger partial charge in [0.05, 0.1) is 5.60 Å². The van der Waals surface area contributed by atoms with Gasteiger partial charge in [0.15, 0.2) is 0 Å². The maximum atomic E-state index is 11.4. The Morgan fingerprint density at radius 3 is 2.93 bits per heavy atom. The predicted octanol–water partition coefficient (Wildman–Crippen LogP) is 0.363. The summed E-state index contributed by atoms with van der Waals surface area (Å²) < 4.78 is 5.52. The molecule has 0 spiro atoms. The number of nitrogens with two attached hydrogens (primary N) is 1. The van der Waals surface area contributed by atoms with Crippen molar-refractivity contribution < 1.29 is 9.53 Å². The van der Waals surface area contributed by atoms with E-state index in [2.05, 4.69) is 6.92 Å². The van der Waals surface area contributed by atoms with Gasteiger partial charge in [-0.3, -0.25) is 4.79 Å². The lowest BCUT2D eigenvalue weighted by atomic mass is 9.99. The van der Waals surface area contributed by atoms with Crippen LogP contribution in [-0.4, -0.2) is 42.6 Å². The Bertz CT molecular complexity index is 208. The van der Waals surface area contributed by atoms with Gasteiger partial charge in [-0.25, -0.2) is 0 Å². The number of rotatable bonds is 4. The van der Waals surface area contributed by atoms with Crippen LogP contribution in [0, 0.1) is 0 Å². The van der Waals surface area contributed by atoms with Crippen molar-refractivity contribution in [2.75, 3.05) is 26.2 Å². The number of carbonyl (C=O) groups is 1. The molecule has 1 aliphatic heterocycles. The zero-order valence-electron chi connectivity index (χ0n) is 9.08. The quantitative estimate of drug-likeness (QED) is 0.713. The Balaban J connectivity index is 2.55. The van der Waals surface area contributed by atoms with E-state index >= 15 is 0 Å². The highest BCUT2D eigenvalue weighted by atomic mass is 16.5. The number of hydrogen-bond donors (Lipinski definition) is 1. The summed E-state index contributed by atoms with van der Waals surface area (Å²) in [5.74, 6) is 0.0985. The van der Waals surface area contributed by atoms with Gasteiger partial charge in [-0.1, -0.05) is 6.92 Å². The topological polar surface area (TPSA) is 55.6 Å². The van der Waals surface area contributed by atoms with Crippen molar-refractivity contribution >= 4 is 5.91 Å². The van der Waals surface area contributed by atoms with Crippen molar-refractivity contribution in [1.82, 2.24) is 4.90 Å². The van der Waals surface area contributed by atoms with E-state index in [9.17, 15) is 4.79 Å². The van der Waals surface area contributed by atoms with Gasteiger partial charge < -0.3 is 15.4 Å². The minimum Gasteiger partial charge on any atom is -0.364 e. The molecule has 0 aromatic carbocycles. The zero-order chi connectivity index (χ0) is 10.6. The maximum Gasteiger partial charge on any atom is 0.248 e. The first-order chi connectivity index (χ1) is 6.61. The summed E-state index contributed by atoms with van der Waals surface area (Å²) in [6, 6.07) is 0. The van der Waals surface area contributed by atoms with Crippen molar-refractivity contribution in [3.05, 3.63) is 0 Å². The molecule has 0 bridgehead atoms. The van der Waals surface area contributed by atoms with E-state index in [1.54, 1.807) is 0 Å². The van der Waals surface area contributed by atoms with Gasteiger partial charge >= 0.3 is 0 Å². The molecular weight excluding hydrogens is 180 g/mol. The van der Waals surface area contributed by atoms with E-state index in [1.165, 1.54) is 0 Å². The fraction of sp³-hybridized carbons (Fsp3) is 0.900. The van der Waals surface area contributed by atoms with Gasteiger partial charge in [0.2, 0.25) is 5.91 Å². The summed E-state index contributed by atoms with van der Waals surface area (Å²) >= 11 is 0. The number of hydrogen-bond acceptors (Lipinski definition) is 3. The van der Waals surface area contributed by atoms with Crippen LogP contribution in [0.5, 0.6) is 0 Å². The number of carbonyl (C=O) groups excluding carboxylic acids is 1. The van der Waals surface area contributed by atoms with Crippen molar-refractivity contribution in [2.45, 2.75) is 32.3 Å². The SMILES string of the molecule is CCCN1CC(C)(CCN)OCC1=O. The van der Waals surface area contributed by atoms with Gasteiger partial charge in [-0.05, 0) is 26.3 Å². The predicted molar refractivity (Wildman–Crippen MR) is 54.9 cm³/mol. The second-order valence-corrected chi connectivity index (χ2v) is 4.09. The van der Waals surface area contributed by atoms with E-state index in [0.29, 0.717) is 13.1 Å². The van der Waals surface area contributed by atoms with Crippen LogP contribution in [0.4, 0.5) is 0 Å². The summed E-state index contributed by atoms with van der Waals surface area (Å²) in [5, 5.41) is 0. The van der Waals surface area contributed by atoms with Crippen LogP contribution in [0.2, 0.25) is 0 Å². The van der Waals surface area contributed by atoms with Gasteiger partial charge in [-0.2, -0.15) is 0 Å². The molecule has 2 N–H and O–H groups in total. The maximum absolute atomic E-state index is 11.4. The van der Waals surface area contributed by atoms with Crippen molar-refractivity contribution in [3.63, 3.8) is 0 Å². The summed E-state index contributed by atoms with van der Waals surface area (Å²) in [6.45, 7) is 6.40. The van der Waals surface area contributed by atoms with E-state index in [0.717, 1.165) is 19.4 Å². The molecule has 4 heteroatoms. The molecule has 0 radical (unpaired) electrons. The summed E-state index contributed by atoms with van der Waals surface area (Å²) in [5.41, 5.74) is 5.28. The monoisotopic (exact) mass is 200 g/mol. The van der Waals surface area contributed by atoms with Crippen LogP contribution in [0.25, 0.3) is 0 Å². The smallest absolute Gasteiger partial charge is 0.248 e. The first-order valence-corrected chi connectivity index (χ1v) is 5.23. The van der Waals surface area contributed by atoms with Gasteiger partial charge in [0.1, 0.15) is 6.61 Å². The first-order valence-electron chi connectivity index (χ1n) is 5.23. The summed E-state index contributed by atoms with van der Waals surface area (Å²) in [4.78, 5) is 13.3. The minimum absolute atomic E-state index is 0.0985. The molecule has 4 nitrogen and oxygen atoms in total. The molecule has 0 aromatic rings. The molecule has 1 amide bonds. The second-order valence-electron chi connectivity index (χ2n) is 4.09. The lowest BCUT2D eigenvalue weighted by Gasteiger charge is -2.40. The number of amides is 1. The highest BCUT2D eigenvalue weighted by molar-refractivity contribution is 5.78. The van der Waals surface area contributed by atoms with Crippen LogP contribution in [0.1, 0.15) is 26.7 Å². The van der Waals surface area contributed by atoms with Crippen LogP contribution >= 0.6 is 0 Å². The van der Waals surface area contributed by atoms with E-state index in [1.807, 2.05) is 11.8 Å². The Hall–Kier alpha value is -0.610. The van der Waals surface area contributed by atoms with E-state index in [-0.39, 0.29) is 18.1 Å². The van der Waals surface area contributed by atoms with Gasteiger partial charge in [0, 0.05) is 13.1 Å². The normalized spacial score (nSPS) is 28.2. The Labute approximate surface area is 85.4 Å². The van der Waals surface area contributed by atoms with Crippen LogP contribution < -0.4 is 5.73 Å². The number of nitrogens with zero attached hydrogens (tertiary/aromatic N) is 1. The molecule has 1 rings (SSSR count). The van der Waals surface area contributed by atoms with Crippen molar-refractivity contribution in [2.24, 2.45) is 5.73 Å². The lowest BCUT2D eigenvalue weighted by molar-refractivity contribution is -0.161. The van der Waals surface area contributed by atoms with Gasteiger partial charge in [0.25, 0.3) is 0 Å². The van der Waals surface area contributed by atoms with E-state index in [4.69, 9.17) is 10.5 Å². The Morgan fingerprint density at radius 1 is 1.64 bits per heavy atom. The van der Waals surface area contributed by atoms with Crippen LogP contribution in [0.15, 0.2) is 0 Å². The molecular formula is C10H20N2O2. The fourth-order valence-electron chi connectivity index (χ4n) is 1.80. The van der Waals surface area contributed by atoms with Gasteiger partial charge in [-0.15, -0.1) is 0 Å². The third-order valence-corrected chi connectivity index (χ3v) is 2.59. The first kappa shape index (κ1) is 11.5. The standard InChI is InChI=1S/C10H20N2O2/c1-3-6-12-8-10(2,4-5-11)14-7-9(12)13/h3-8,11H2,1-2H3. The zero-order valence-corrected chi connectivity index (χ0v) is 9.08. The minimum atomic E-state index is -0.238. The third-order valence-electron chi connectivity index (χ3n) is 2.59. The lowest BCUT2D eigenvalue weighted by Crippen LogP contribution is -2.53. The number of morpholine rings is 1. The average molecular weight is 200 g/mol. The molecule has 1 saturated heterocycles. The molecule has 1 aliphatic rings. The summed E-state index contributed by atoms with van der Waals surface area (Å²) in [6.07, 6.45) is 1.80. The second kappa shape index (κ2) is 4.75. The Morgan fingerprint density at radius 2 is 2.36 bits per heavy atom. The fourth-order valence-corrected chi connectivity index (χ4v) is 1.80. The highest BCUT2D eigenvalue weighted by Crippen LogP contribution is 2.21. The molecule has 1 heterocycles. The molecule has 1 unspecified atom stereocenters. The van der Waals surface area contributed by atoms with E-state index < -0.39 is 0 Å². The number of ether oxygens (including phenoxy) is 1. The van der Waals surface area contributed by atoms with Crippen molar-refractivity contribution in [3.8, 4) is 0 Å². The van der Waals surface area contributed by atoms with Crippen LogP contribution in [0.3, 0.4) is 0 Å². The van der Waals surface area contributed by atoms with Crippen molar-refractivity contribution in [1.29, 1.82) is 0 Å². The molecule has 82 valence electrons. The largest absolute Gasteiger partial charge is 0.364 e. The average Bonchev–Trinajstić information content (AvgIpc) is 2.13. The molecule has 0 saturated carbocycles. The molecule has 0 aliphatic carbocycles. The third kappa shape index (κ3) is 2.69. The molecule has 0 aromatic heterocycles. The molecule has 1 fully saturated rings. The van der Waals surface area contributed by atoms with Crippen LogP contribution in [-0.2, 0) is 9.53 Å². The molecule has 1 atom stereocenters. The Kier molecular flexibility index (Phi) is 3.89. The molecule has 14 heavy (non-hydrogen) atoms. The summed E-state index contributed by atoms with van der Waals surface area (Å²) in [7, 11) is 0. The highest BCUT2D eigenvalue weighted by Gasteiger charge is 2.34.